The molecule has 4 rings (SSSR count). The van der Waals surface area contributed by atoms with Crippen molar-refractivity contribution in [3.63, 3.8) is 0 Å². The van der Waals surface area contributed by atoms with Crippen molar-refractivity contribution in [1.29, 1.82) is 0 Å². The minimum atomic E-state index is -3.39. The van der Waals surface area contributed by atoms with Crippen LogP contribution in [0.4, 0.5) is 5.69 Å². The molecule has 0 fully saturated rings. The lowest BCUT2D eigenvalue weighted by Gasteiger charge is -2.30. The molecule has 162 valence electrons. The summed E-state index contributed by atoms with van der Waals surface area (Å²) in [6, 6.07) is 8.74. The predicted octanol–water partition coefficient (Wildman–Crippen LogP) is 3.16. The third-order valence-electron chi connectivity index (χ3n) is 5.55. The number of hydrogen-bond donors (Lipinski definition) is 0. The lowest BCUT2D eigenvalue weighted by molar-refractivity contribution is -0.140. The summed E-state index contributed by atoms with van der Waals surface area (Å²) in [6.45, 7) is 6.68. The summed E-state index contributed by atoms with van der Waals surface area (Å²) in [6.07, 6.45) is 1.18. The Morgan fingerprint density at radius 2 is 1.84 bits per heavy atom. The first-order valence-corrected chi connectivity index (χ1v) is 11.9. The number of carbonyl (C=O) groups is 2. The van der Waals surface area contributed by atoms with Crippen molar-refractivity contribution >= 4 is 54.8 Å². The lowest BCUT2D eigenvalue weighted by atomic mass is 9.95. The molecule has 0 saturated carbocycles. The highest BCUT2D eigenvalue weighted by Gasteiger charge is 2.32. The van der Waals surface area contributed by atoms with Crippen molar-refractivity contribution in [2.75, 3.05) is 24.2 Å². The van der Waals surface area contributed by atoms with Gasteiger partial charge in [0.15, 0.2) is 9.84 Å². The molecular weight excluding hydrogens is 418 g/mol. The molecular formula is C22H23N3O5S. The number of benzene rings is 2. The molecule has 0 unspecified atom stereocenters. The fraction of sp³-hybridized carbons (Fsp3) is 0.318. The fourth-order valence-corrected chi connectivity index (χ4v) is 4.83. The third kappa shape index (κ3) is 3.38. The van der Waals surface area contributed by atoms with Gasteiger partial charge in [-0.2, -0.15) is 0 Å². The van der Waals surface area contributed by atoms with Crippen LogP contribution >= 0.6 is 0 Å². The molecule has 0 N–H and O–H groups in total. The first-order valence-electron chi connectivity index (χ1n) is 10.0. The number of rotatable bonds is 4. The van der Waals surface area contributed by atoms with E-state index in [0.717, 1.165) is 27.5 Å². The summed E-state index contributed by atoms with van der Waals surface area (Å²) in [5.74, 6) is -0.900. The van der Waals surface area contributed by atoms with E-state index < -0.39 is 15.8 Å². The van der Waals surface area contributed by atoms with Crippen LogP contribution in [0.1, 0.15) is 31.1 Å². The average molecular weight is 442 g/mol. The van der Waals surface area contributed by atoms with Crippen LogP contribution in [0, 0.1) is 0 Å². The maximum atomic E-state index is 13.1. The summed E-state index contributed by atoms with van der Waals surface area (Å²) in [4.78, 5) is 31.2. The molecule has 9 heteroatoms. The maximum Gasteiger partial charge on any atom is 0.331 e. The van der Waals surface area contributed by atoms with Crippen molar-refractivity contribution in [1.82, 2.24) is 4.57 Å². The highest BCUT2D eigenvalue weighted by molar-refractivity contribution is 7.90. The second-order valence-corrected chi connectivity index (χ2v) is 9.53. The van der Waals surface area contributed by atoms with Gasteiger partial charge in [-0.1, -0.05) is 5.16 Å². The number of sulfone groups is 1. The number of aryl methyl sites for hydroxylation is 1. The van der Waals surface area contributed by atoms with Gasteiger partial charge in [0.05, 0.1) is 22.6 Å². The molecule has 0 bridgehead atoms. The first kappa shape index (κ1) is 21.0. The molecule has 31 heavy (non-hydrogen) atoms. The van der Waals surface area contributed by atoms with E-state index >= 15 is 0 Å². The Labute approximate surface area is 180 Å². The minimum Gasteiger partial charge on any atom is -0.364 e. The van der Waals surface area contributed by atoms with E-state index in [-0.39, 0.29) is 22.9 Å². The zero-order valence-electron chi connectivity index (χ0n) is 17.8. The fourth-order valence-electron chi connectivity index (χ4n) is 4.18. The van der Waals surface area contributed by atoms with Crippen molar-refractivity contribution in [2.45, 2.75) is 32.2 Å². The molecule has 0 atom stereocenters. The third-order valence-corrected chi connectivity index (χ3v) is 6.66. The molecule has 3 aromatic rings. The van der Waals surface area contributed by atoms with Crippen molar-refractivity contribution in [2.24, 2.45) is 5.16 Å². The number of carbonyl (C=O) groups excluding carboxylic acids is 2. The number of oxime groups is 1. The Bertz CT molecular complexity index is 1390. The van der Waals surface area contributed by atoms with Crippen LogP contribution in [-0.4, -0.2) is 49.8 Å². The van der Waals surface area contributed by atoms with Gasteiger partial charge in [0, 0.05) is 48.1 Å². The van der Waals surface area contributed by atoms with Crippen LogP contribution in [-0.2, 0) is 26.0 Å². The summed E-state index contributed by atoms with van der Waals surface area (Å²) >= 11 is 0. The van der Waals surface area contributed by atoms with Gasteiger partial charge in [0.2, 0.25) is 5.78 Å². The number of nitrogens with zero attached hydrogens (tertiary/aromatic N) is 3. The Morgan fingerprint density at radius 3 is 2.45 bits per heavy atom. The Kier molecular flexibility index (Phi) is 5.09. The number of anilines is 1. The van der Waals surface area contributed by atoms with Gasteiger partial charge >= 0.3 is 5.97 Å². The second kappa shape index (κ2) is 7.49. The number of Topliss-reactive ketones (excluding diaryl/α,β-unsaturated/α-hetero) is 1. The normalized spacial score (nSPS) is 15.7. The molecule has 0 aliphatic carbocycles. The molecule has 2 aromatic carbocycles. The molecule has 1 aliphatic heterocycles. The Hall–Kier alpha value is -3.20. The standard InChI is InChI=1S/C22H23N3O5S/c1-5-24-12-17(23-30-13(3)26)22(27)15-8-10-19-20(21(15)24)16-11-14(31(4,28)29)7-9-18(16)25(19)6-2/h7-11H,5-6,12H2,1-4H3/b23-17-. The van der Waals surface area contributed by atoms with E-state index in [9.17, 15) is 18.0 Å². The first-order chi connectivity index (χ1) is 14.7. The lowest BCUT2D eigenvalue weighted by Crippen LogP contribution is -2.40. The van der Waals surface area contributed by atoms with Gasteiger partial charge in [-0.15, -0.1) is 0 Å². The van der Waals surface area contributed by atoms with Crippen LogP contribution < -0.4 is 4.90 Å². The number of aromatic nitrogens is 1. The summed E-state index contributed by atoms with van der Waals surface area (Å²) in [5.41, 5.74) is 3.18. The Morgan fingerprint density at radius 1 is 1.13 bits per heavy atom. The summed E-state index contributed by atoms with van der Waals surface area (Å²) in [7, 11) is -3.39. The van der Waals surface area contributed by atoms with Crippen LogP contribution in [0.5, 0.6) is 0 Å². The number of fused-ring (bicyclic) bond motifs is 5. The molecule has 1 aromatic heterocycles. The zero-order chi connectivity index (χ0) is 22.5. The van der Waals surface area contributed by atoms with E-state index in [2.05, 4.69) is 9.72 Å². The topological polar surface area (TPSA) is 98.0 Å². The van der Waals surface area contributed by atoms with Crippen molar-refractivity contribution in [3.8, 4) is 0 Å². The highest BCUT2D eigenvalue weighted by Crippen LogP contribution is 2.41. The molecule has 0 amide bonds. The van der Waals surface area contributed by atoms with Gasteiger partial charge in [0.25, 0.3) is 0 Å². The van der Waals surface area contributed by atoms with Crippen LogP contribution in [0.3, 0.4) is 0 Å². The number of hydrogen-bond acceptors (Lipinski definition) is 7. The van der Waals surface area contributed by atoms with Crippen molar-refractivity contribution < 1.29 is 22.8 Å². The zero-order valence-corrected chi connectivity index (χ0v) is 18.6. The van der Waals surface area contributed by atoms with E-state index in [1.54, 1.807) is 18.2 Å². The highest BCUT2D eigenvalue weighted by atomic mass is 32.2. The molecule has 2 heterocycles. The predicted molar refractivity (Wildman–Crippen MR) is 120 cm³/mol. The van der Waals surface area contributed by atoms with Gasteiger partial charge < -0.3 is 14.3 Å². The second-order valence-electron chi connectivity index (χ2n) is 7.52. The van der Waals surface area contributed by atoms with Crippen LogP contribution in [0.25, 0.3) is 21.8 Å². The molecule has 0 spiro atoms. The maximum absolute atomic E-state index is 13.1. The summed E-state index contributed by atoms with van der Waals surface area (Å²) < 4.78 is 26.5. The summed E-state index contributed by atoms with van der Waals surface area (Å²) in [5, 5.41) is 5.38. The molecule has 8 nitrogen and oxygen atoms in total. The average Bonchev–Trinajstić information content (AvgIpc) is 3.05. The van der Waals surface area contributed by atoms with Gasteiger partial charge in [-0.3, -0.25) is 4.79 Å². The van der Waals surface area contributed by atoms with E-state index in [1.807, 2.05) is 30.9 Å². The van der Waals surface area contributed by atoms with E-state index in [1.165, 1.54) is 13.2 Å². The minimum absolute atomic E-state index is 0.153. The Balaban J connectivity index is 2.08. The van der Waals surface area contributed by atoms with Gasteiger partial charge in [-0.25, -0.2) is 13.2 Å². The largest absolute Gasteiger partial charge is 0.364 e. The van der Waals surface area contributed by atoms with E-state index in [4.69, 9.17) is 4.84 Å². The van der Waals surface area contributed by atoms with Crippen LogP contribution in [0.2, 0.25) is 0 Å². The smallest absolute Gasteiger partial charge is 0.331 e. The number of ketones is 1. The van der Waals surface area contributed by atoms with Crippen LogP contribution in [0.15, 0.2) is 40.4 Å². The monoisotopic (exact) mass is 441 g/mol. The molecule has 0 radical (unpaired) electrons. The quantitative estimate of drug-likeness (QED) is 0.456. The van der Waals surface area contributed by atoms with Gasteiger partial charge in [0.1, 0.15) is 5.71 Å². The van der Waals surface area contributed by atoms with Gasteiger partial charge in [-0.05, 0) is 44.2 Å². The SMILES string of the molecule is CCN1C/C(=N/OC(C)=O)C(=O)c2ccc3c(c21)c1cc(S(C)(=O)=O)ccc1n3CC. The molecule has 1 aliphatic rings. The molecule has 0 saturated heterocycles. The van der Waals surface area contributed by atoms with E-state index in [0.29, 0.717) is 18.7 Å². The van der Waals surface area contributed by atoms with Crippen molar-refractivity contribution in [3.05, 3.63) is 35.9 Å².